The van der Waals surface area contributed by atoms with Crippen molar-refractivity contribution in [2.24, 2.45) is 5.73 Å². The van der Waals surface area contributed by atoms with Gasteiger partial charge in [-0.1, -0.05) is 12.2 Å². The van der Waals surface area contributed by atoms with E-state index in [2.05, 4.69) is 10.3 Å². The van der Waals surface area contributed by atoms with Crippen molar-refractivity contribution in [3.8, 4) is 0 Å². The highest BCUT2D eigenvalue weighted by Gasteiger charge is 2.08. The lowest BCUT2D eigenvalue weighted by atomic mass is 10.1. The smallest absolute Gasteiger partial charge is 0.253 e. The van der Waals surface area contributed by atoms with Gasteiger partial charge in [0, 0.05) is 12.2 Å². The quantitative estimate of drug-likeness (QED) is 0.614. The summed E-state index contributed by atoms with van der Waals surface area (Å²) in [5.41, 5.74) is 7.64. The lowest BCUT2D eigenvalue weighted by Gasteiger charge is -2.07. The molecule has 1 heterocycles. The van der Waals surface area contributed by atoms with E-state index in [4.69, 9.17) is 18.0 Å². The Bertz CT molecular complexity index is 432. The van der Waals surface area contributed by atoms with E-state index in [1.54, 1.807) is 6.07 Å². The summed E-state index contributed by atoms with van der Waals surface area (Å²) in [6.45, 7) is 4.30. The van der Waals surface area contributed by atoms with E-state index >= 15 is 0 Å². The number of thiocarbonyl (C=S) groups is 1. The Kier molecular flexibility index (Phi) is 5.03. The average Bonchev–Trinajstić information content (AvgIpc) is 2.23. The number of nitrogens with zero attached hydrogens (tertiary/aromatic N) is 1. The van der Waals surface area contributed by atoms with Crippen molar-refractivity contribution in [3.63, 3.8) is 0 Å². The van der Waals surface area contributed by atoms with E-state index < -0.39 is 0 Å². The number of rotatable bonds is 5. The molecule has 0 unspecified atom stereocenters. The minimum atomic E-state index is -0.0991. The number of aromatic nitrogens is 1. The second-order valence-corrected chi connectivity index (χ2v) is 4.44. The number of amides is 1. The monoisotopic (exact) mass is 251 g/mol. The predicted molar refractivity (Wildman–Crippen MR) is 72.1 cm³/mol. The molecule has 0 atom stereocenters. The van der Waals surface area contributed by atoms with E-state index in [-0.39, 0.29) is 5.91 Å². The third kappa shape index (κ3) is 4.48. The largest absolute Gasteiger partial charge is 0.393 e. The van der Waals surface area contributed by atoms with Crippen LogP contribution in [0, 0.1) is 13.8 Å². The highest BCUT2D eigenvalue weighted by Crippen LogP contribution is 2.06. The molecule has 0 saturated carbocycles. The van der Waals surface area contributed by atoms with Gasteiger partial charge in [0.25, 0.3) is 5.91 Å². The van der Waals surface area contributed by atoms with Gasteiger partial charge in [0.2, 0.25) is 0 Å². The second-order valence-electron chi connectivity index (χ2n) is 3.91. The molecule has 4 nitrogen and oxygen atoms in total. The molecule has 1 aromatic heterocycles. The highest BCUT2D eigenvalue weighted by atomic mass is 32.1. The number of pyridine rings is 1. The Balaban J connectivity index is 2.50. The fourth-order valence-electron chi connectivity index (χ4n) is 1.49. The third-order valence-corrected chi connectivity index (χ3v) is 2.56. The first-order chi connectivity index (χ1) is 8.00. The molecule has 0 aromatic carbocycles. The molecule has 1 amide bonds. The Morgan fingerprint density at radius 2 is 2.18 bits per heavy atom. The maximum Gasteiger partial charge on any atom is 0.253 e. The van der Waals surface area contributed by atoms with Crippen LogP contribution in [0.3, 0.4) is 0 Å². The topological polar surface area (TPSA) is 68.0 Å². The van der Waals surface area contributed by atoms with Crippen molar-refractivity contribution in [3.05, 3.63) is 29.1 Å². The number of hydrogen-bond donors (Lipinski definition) is 2. The summed E-state index contributed by atoms with van der Waals surface area (Å²) in [6.07, 6.45) is 1.42. The van der Waals surface area contributed by atoms with Gasteiger partial charge < -0.3 is 11.1 Å². The van der Waals surface area contributed by atoms with Gasteiger partial charge >= 0.3 is 0 Å². The second kappa shape index (κ2) is 6.30. The van der Waals surface area contributed by atoms with Crippen LogP contribution in [0.4, 0.5) is 0 Å². The number of carbonyl (C=O) groups is 1. The van der Waals surface area contributed by atoms with Gasteiger partial charge in [-0.15, -0.1) is 0 Å². The zero-order valence-electron chi connectivity index (χ0n) is 10.1. The summed E-state index contributed by atoms with van der Waals surface area (Å²) >= 11 is 4.76. The van der Waals surface area contributed by atoms with Gasteiger partial charge in [-0.25, -0.2) is 0 Å². The first-order valence-corrected chi connectivity index (χ1v) is 5.92. The van der Waals surface area contributed by atoms with Crippen LogP contribution >= 0.6 is 12.2 Å². The summed E-state index contributed by atoms with van der Waals surface area (Å²) < 4.78 is 0. The van der Waals surface area contributed by atoms with Gasteiger partial charge in [-0.3, -0.25) is 9.78 Å². The molecule has 92 valence electrons. The highest BCUT2D eigenvalue weighted by molar-refractivity contribution is 7.80. The molecule has 17 heavy (non-hydrogen) atoms. The van der Waals surface area contributed by atoms with Crippen molar-refractivity contribution >= 4 is 23.1 Å². The van der Waals surface area contributed by atoms with E-state index in [0.29, 0.717) is 23.5 Å². The summed E-state index contributed by atoms with van der Waals surface area (Å²) in [5.74, 6) is -0.0991. The number of nitrogens with one attached hydrogen (secondary N) is 1. The number of aryl methyl sites for hydroxylation is 2. The maximum absolute atomic E-state index is 11.8. The van der Waals surface area contributed by atoms with E-state index in [1.807, 2.05) is 19.9 Å². The van der Waals surface area contributed by atoms with Gasteiger partial charge in [0.1, 0.15) is 0 Å². The molecule has 0 aliphatic rings. The minimum absolute atomic E-state index is 0.0991. The zero-order chi connectivity index (χ0) is 12.8. The SMILES string of the molecule is Cc1ccc(C(=O)NCCCC(N)=S)c(C)n1. The summed E-state index contributed by atoms with van der Waals surface area (Å²) in [6, 6.07) is 3.62. The predicted octanol–water partition coefficient (Wildman–Crippen LogP) is 1.49. The van der Waals surface area contributed by atoms with Crippen LogP contribution in [0.1, 0.15) is 34.6 Å². The molecule has 0 bridgehead atoms. The molecule has 3 N–H and O–H groups in total. The van der Waals surface area contributed by atoms with Crippen molar-refractivity contribution < 1.29 is 4.79 Å². The summed E-state index contributed by atoms with van der Waals surface area (Å²) in [7, 11) is 0. The van der Waals surface area contributed by atoms with Crippen LogP contribution in [-0.4, -0.2) is 22.4 Å². The van der Waals surface area contributed by atoms with Crippen LogP contribution in [-0.2, 0) is 0 Å². The van der Waals surface area contributed by atoms with Crippen LogP contribution in [0.15, 0.2) is 12.1 Å². The fourth-order valence-corrected chi connectivity index (χ4v) is 1.63. The van der Waals surface area contributed by atoms with E-state index in [9.17, 15) is 4.79 Å². The Labute approximate surface area is 107 Å². The Hall–Kier alpha value is -1.49. The molecule has 1 aromatic rings. The zero-order valence-corrected chi connectivity index (χ0v) is 10.9. The molecule has 0 aliphatic heterocycles. The molecule has 0 saturated heterocycles. The lowest BCUT2D eigenvalue weighted by molar-refractivity contribution is 0.0952. The van der Waals surface area contributed by atoms with Gasteiger partial charge in [0.05, 0.1) is 16.2 Å². The number of hydrogen-bond acceptors (Lipinski definition) is 3. The van der Waals surface area contributed by atoms with E-state index in [1.165, 1.54) is 0 Å². The third-order valence-electron chi connectivity index (χ3n) is 2.36. The Morgan fingerprint density at radius 3 is 2.76 bits per heavy atom. The molecular weight excluding hydrogens is 234 g/mol. The van der Waals surface area contributed by atoms with Gasteiger partial charge in [-0.2, -0.15) is 0 Å². The standard InChI is InChI=1S/C12H17N3OS/c1-8-5-6-10(9(2)15-8)12(16)14-7-3-4-11(13)17/h5-6H,3-4,7H2,1-2H3,(H2,13,17)(H,14,16). The molecule has 0 spiro atoms. The molecule has 0 aliphatic carbocycles. The summed E-state index contributed by atoms with van der Waals surface area (Å²) in [4.78, 5) is 16.5. The van der Waals surface area contributed by atoms with Crippen molar-refractivity contribution in [2.45, 2.75) is 26.7 Å². The van der Waals surface area contributed by atoms with Crippen molar-refractivity contribution in [1.29, 1.82) is 0 Å². The van der Waals surface area contributed by atoms with Gasteiger partial charge in [-0.05, 0) is 38.8 Å². The maximum atomic E-state index is 11.8. The number of carbonyl (C=O) groups excluding carboxylic acids is 1. The summed E-state index contributed by atoms with van der Waals surface area (Å²) in [5, 5.41) is 2.82. The molecule has 5 heteroatoms. The minimum Gasteiger partial charge on any atom is -0.393 e. The Morgan fingerprint density at radius 1 is 1.47 bits per heavy atom. The first-order valence-electron chi connectivity index (χ1n) is 5.51. The lowest BCUT2D eigenvalue weighted by Crippen LogP contribution is -2.26. The molecule has 0 fully saturated rings. The first kappa shape index (κ1) is 13.6. The van der Waals surface area contributed by atoms with Crippen LogP contribution < -0.4 is 11.1 Å². The van der Waals surface area contributed by atoms with Crippen LogP contribution in [0.25, 0.3) is 0 Å². The van der Waals surface area contributed by atoms with Crippen molar-refractivity contribution in [1.82, 2.24) is 10.3 Å². The molecular formula is C12H17N3OS. The van der Waals surface area contributed by atoms with Crippen LogP contribution in [0.2, 0.25) is 0 Å². The molecule has 1 rings (SSSR count). The fraction of sp³-hybridized carbons (Fsp3) is 0.417. The van der Waals surface area contributed by atoms with Gasteiger partial charge in [0.15, 0.2) is 0 Å². The average molecular weight is 251 g/mol. The van der Waals surface area contributed by atoms with Crippen LogP contribution in [0.5, 0.6) is 0 Å². The molecule has 0 radical (unpaired) electrons. The number of nitrogens with two attached hydrogens (primary N) is 1. The normalized spacial score (nSPS) is 10.0. The van der Waals surface area contributed by atoms with E-state index in [0.717, 1.165) is 17.8 Å². The van der Waals surface area contributed by atoms with Crippen molar-refractivity contribution in [2.75, 3.05) is 6.54 Å².